The Morgan fingerprint density at radius 1 is 1.33 bits per heavy atom. The second kappa shape index (κ2) is 6.60. The van der Waals surface area contributed by atoms with Crippen LogP contribution in [-0.2, 0) is 9.53 Å². The fraction of sp³-hybridized carbons (Fsp3) is 0.308. The van der Waals surface area contributed by atoms with Crippen molar-refractivity contribution in [3.05, 3.63) is 29.8 Å². The van der Waals surface area contributed by atoms with E-state index in [4.69, 9.17) is 4.74 Å². The third-order valence-corrected chi connectivity index (χ3v) is 2.74. The van der Waals surface area contributed by atoms with Gasteiger partial charge in [-0.2, -0.15) is 5.21 Å². The molecular formula is C13H15N5O3. The predicted octanol–water partition coefficient (Wildman–Crippen LogP) is 0.548. The van der Waals surface area contributed by atoms with Gasteiger partial charge in [0.2, 0.25) is 5.82 Å². The molecule has 2 aromatic rings. The monoisotopic (exact) mass is 289 g/mol. The molecule has 0 fully saturated rings. The Morgan fingerprint density at radius 3 is 2.62 bits per heavy atom. The number of nitrogens with zero attached hydrogens (tertiary/aromatic N) is 3. The molecule has 21 heavy (non-hydrogen) atoms. The van der Waals surface area contributed by atoms with Crippen LogP contribution in [0.2, 0.25) is 0 Å². The summed E-state index contributed by atoms with van der Waals surface area (Å²) in [5.74, 6) is -0.369. The van der Waals surface area contributed by atoms with Crippen molar-refractivity contribution >= 4 is 11.9 Å². The molecule has 0 aliphatic rings. The summed E-state index contributed by atoms with van der Waals surface area (Å²) in [6, 6.07) is 5.95. The van der Waals surface area contributed by atoms with Gasteiger partial charge in [-0.15, -0.1) is 10.2 Å². The van der Waals surface area contributed by atoms with E-state index < -0.39 is 12.0 Å². The highest BCUT2D eigenvalue weighted by Gasteiger charge is 2.17. The minimum Gasteiger partial charge on any atom is -0.464 e. The van der Waals surface area contributed by atoms with E-state index in [0.29, 0.717) is 11.4 Å². The second-order valence-electron chi connectivity index (χ2n) is 4.26. The van der Waals surface area contributed by atoms with Crippen LogP contribution in [-0.4, -0.2) is 45.1 Å². The van der Waals surface area contributed by atoms with Crippen LogP contribution in [0, 0.1) is 0 Å². The number of carbonyl (C=O) groups excluding carboxylic acids is 2. The molecule has 1 unspecified atom stereocenters. The predicted molar refractivity (Wildman–Crippen MR) is 73.2 cm³/mol. The average molecular weight is 289 g/mol. The molecule has 8 nitrogen and oxygen atoms in total. The van der Waals surface area contributed by atoms with Crippen LogP contribution in [0.4, 0.5) is 0 Å². The molecule has 0 saturated carbocycles. The molecule has 2 N–H and O–H groups in total. The summed E-state index contributed by atoms with van der Waals surface area (Å²) < 4.78 is 4.83. The Balaban J connectivity index is 2.02. The van der Waals surface area contributed by atoms with Gasteiger partial charge in [0, 0.05) is 11.1 Å². The maximum absolute atomic E-state index is 12.0. The highest BCUT2D eigenvalue weighted by atomic mass is 16.5. The van der Waals surface area contributed by atoms with E-state index in [0.717, 1.165) is 5.56 Å². The summed E-state index contributed by atoms with van der Waals surface area (Å²) in [7, 11) is 0. The van der Waals surface area contributed by atoms with Gasteiger partial charge in [0.1, 0.15) is 6.04 Å². The van der Waals surface area contributed by atoms with Crippen molar-refractivity contribution in [1.29, 1.82) is 0 Å². The van der Waals surface area contributed by atoms with Crippen LogP contribution in [0.5, 0.6) is 0 Å². The van der Waals surface area contributed by atoms with E-state index in [-0.39, 0.29) is 12.5 Å². The van der Waals surface area contributed by atoms with E-state index >= 15 is 0 Å². The summed E-state index contributed by atoms with van der Waals surface area (Å²) in [5.41, 5.74) is 1.16. The molecule has 1 aromatic carbocycles. The molecule has 1 atom stereocenters. The smallest absolute Gasteiger partial charge is 0.328 e. The van der Waals surface area contributed by atoms with Crippen LogP contribution in [0.25, 0.3) is 11.4 Å². The zero-order chi connectivity index (χ0) is 15.2. The van der Waals surface area contributed by atoms with Gasteiger partial charge in [0.05, 0.1) is 6.61 Å². The number of hydrogen-bond acceptors (Lipinski definition) is 6. The number of tetrazole rings is 1. The lowest BCUT2D eigenvalue weighted by Gasteiger charge is -2.12. The number of aromatic nitrogens is 4. The fourth-order valence-electron chi connectivity index (χ4n) is 1.66. The number of H-pyrrole nitrogens is 1. The van der Waals surface area contributed by atoms with Gasteiger partial charge in [-0.3, -0.25) is 4.79 Å². The number of ether oxygens (including phenoxy) is 1. The van der Waals surface area contributed by atoms with Gasteiger partial charge in [-0.25, -0.2) is 4.79 Å². The first-order chi connectivity index (χ1) is 10.1. The number of aromatic amines is 1. The first kappa shape index (κ1) is 14.6. The van der Waals surface area contributed by atoms with Crippen molar-refractivity contribution in [2.24, 2.45) is 0 Å². The maximum atomic E-state index is 12.0. The molecular weight excluding hydrogens is 274 g/mol. The van der Waals surface area contributed by atoms with Gasteiger partial charge in [-0.1, -0.05) is 12.1 Å². The van der Waals surface area contributed by atoms with Gasteiger partial charge in [0.25, 0.3) is 5.91 Å². The zero-order valence-electron chi connectivity index (χ0n) is 11.7. The quantitative estimate of drug-likeness (QED) is 0.778. The number of nitrogens with one attached hydrogen (secondary N) is 2. The first-order valence-electron chi connectivity index (χ1n) is 6.43. The van der Waals surface area contributed by atoms with E-state index in [1.807, 2.05) is 0 Å². The lowest BCUT2D eigenvalue weighted by molar-refractivity contribution is -0.144. The Labute approximate surface area is 120 Å². The summed E-state index contributed by atoms with van der Waals surface area (Å²) in [6.45, 7) is 3.56. The molecule has 1 heterocycles. The van der Waals surface area contributed by atoms with Gasteiger partial charge in [-0.05, 0) is 31.2 Å². The number of rotatable bonds is 5. The third kappa shape index (κ3) is 3.62. The molecule has 0 aliphatic carbocycles. The molecule has 0 saturated heterocycles. The Morgan fingerprint density at radius 2 is 2.05 bits per heavy atom. The third-order valence-electron chi connectivity index (χ3n) is 2.74. The molecule has 1 aromatic heterocycles. The van der Waals surface area contributed by atoms with Crippen molar-refractivity contribution < 1.29 is 14.3 Å². The Bertz CT molecular complexity index is 609. The van der Waals surface area contributed by atoms with Crippen LogP contribution >= 0.6 is 0 Å². The van der Waals surface area contributed by atoms with Crippen molar-refractivity contribution in [3.63, 3.8) is 0 Å². The molecule has 2 rings (SSSR count). The summed E-state index contributed by atoms with van der Waals surface area (Å²) >= 11 is 0. The number of carbonyl (C=O) groups is 2. The lowest BCUT2D eigenvalue weighted by atomic mass is 10.1. The van der Waals surface area contributed by atoms with E-state index in [2.05, 4.69) is 25.9 Å². The Kier molecular flexibility index (Phi) is 4.60. The molecule has 0 aliphatic heterocycles. The number of hydrogen-bond donors (Lipinski definition) is 2. The zero-order valence-corrected chi connectivity index (χ0v) is 11.7. The van der Waals surface area contributed by atoms with Crippen LogP contribution in [0.3, 0.4) is 0 Å². The topological polar surface area (TPSA) is 110 Å². The summed E-state index contributed by atoms with van der Waals surface area (Å²) in [5, 5.41) is 16.1. The van der Waals surface area contributed by atoms with Gasteiger partial charge < -0.3 is 10.1 Å². The maximum Gasteiger partial charge on any atom is 0.328 e. The minimum absolute atomic E-state index is 0.276. The lowest BCUT2D eigenvalue weighted by Crippen LogP contribution is -2.39. The molecule has 0 radical (unpaired) electrons. The number of benzene rings is 1. The van der Waals surface area contributed by atoms with Gasteiger partial charge in [0.15, 0.2) is 0 Å². The molecule has 1 amide bonds. The molecule has 8 heteroatoms. The van der Waals surface area contributed by atoms with E-state index in [1.54, 1.807) is 38.1 Å². The minimum atomic E-state index is -0.700. The van der Waals surface area contributed by atoms with Crippen molar-refractivity contribution in [1.82, 2.24) is 25.9 Å². The largest absolute Gasteiger partial charge is 0.464 e. The van der Waals surface area contributed by atoms with Crippen molar-refractivity contribution in [2.45, 2.75) is 19.9 Å². The highest BCUT2D eigenvalue weighted by molar-refractivity contribution is 5.97. The van der Waals surface area contributed by atoms with Crippen LogP contribution < -0.4 is 5.32 Å². The molecule has 0 bridgehead atoms. The summed E-state index contributed by atoms with van der Waals surface area (Å²) in [6.07, 6.45) is 0. The molecule has 0 spiro atoms. The second-order valence-corrected chi connectivity index (χ2v) is 4.26. The summed E-state index contributed by atoms with van der Waals surface area (Å²) in [4.78, 5) is 23.4. The highest BCUT2D eigenvalue weighted by Crippen LogP contribution is 2.13. The van der Waals surface area contributed by atoms with Crippen LogP contribution in [0.15, 0.2) is 24.3 Å². The first-order valence-corrected chi connectivity index (χ1v) is 6.43. The molecule has 110 valence electrons. The number of amides is 1. The normalized spacial score (nSPS) is 11.7. The van der Waals surface area contributed by atoms with Crippen molar-refractivity contribution in [2.75, 3.05) is 6.61 Å². The SMILES string of the molecule is CCOC(=O)C(C)NC(=O)c1ccc(-c2nn[nH]n2)cc1. The van der Waals surface area contributed by atoms with E-state index in [9.17, 15) is 9.59 Å². The van der Waals surface area contributed by atoms with Crippen molar-refractivity contribution in [3.8, 4) is 11.4 Å². The van der Waals surface area contributed by atoms with Gasteiger partial charge >= 0.3 is 5.97 Å². The fourth-order valence-corrected chi connectivity index (χ4v) is 1.66. The van der Waals surface area contributed by atoms with E-state index in [1.165, 1.54) is 0 Å². The average Bonchev–Trinajstić information content (AvgIpc) is 3.01. The Hall–Kier alpha value is -2.77. The van der Waals surface area contributed by atoms with Crippen LogP contribution in [0.1, 0.15) is 24.2 Å². The standard InChI is InChI=1S/C13H15N5O3/c1-3-21-13(20)8(2)14-12(19)10-6-4-9(5-7-10)11-15-17-18-16-11/h4-8H,3H2,1-2H3,(H,14,19)(H,15,16,17,18). The number of esters is 1.